The number of rotatable bonds is 5. The molecule has 150 valence electrons. The first-order chi connectivity index (χ1) is 14.7. The largest absolute Gasteiger partial charge is 0.448 e. The van der Waals surface area contributed by atoms with Crippen molar-refractivity contribution in [1.29, 1.82) is 0 Å². The van der Waals surface area contributed by atoms with E-state index in [1.165, 1.54) is 18.7 Å². The Labute approximate surface area is 179 Å². The summed E-state index contributed by atoms with van der Waals surface area (Å²) in [6, 6.07) is 17.4. The van der Waals surface area contributed by atoms with Gasteiger partial charge in [-0.2, -0.15) is 4.98 Å². The Bertz CT molecular complexity index is 1100. The molecule has 0 bridgehead atoms. The second kappa shape index (κ2) is 8.92. The minimum atomic E-state index is -0.681. The molecular weight excluding hydrogens is 396 g/mol. The van der Waals surface area contributed by atoms with Gasteiger partial charge in [-0.05, 0) is 17.7 Å². The van der Waals surface area contributed by atoms with Crippen molar-refractivity contribution in [3.8, 4) is 17.1 Å². The number of para-hydroxylation sites is 1. The van der Waals surface area contributed by atoms with Crippen LogP contribution in [0.3, 0.4) is 0 Å². The van der Waals surface area contributed by atoms with Crippen LogP contribution >= 0.6 is 11.8 Å². The van der Waals surface area contributed by atoms with Gasteiger partial charge in [0, 0.05) is 18.2 Å². The molecule has 7 heteroatoms. The highest BCUT2D eigenvalue weighted by Gasteiger charge is 2.32. The number of anilines is 1. The fourth-order valence-corrected chi connectivity index (χ4v) is 3.68. The van der Waals surface area contributed by atoms with Crippen LogP contribution in [0.15, 0.2) is 78.5 Å². The van der Waals surface area contributed by atoms with Crippen LogP contribution < -0.4 is 9.64 Å². The Kier molecular flexibility index (Phi) is 5.90. The average Bonchev–Trinajstić information content (AvgIpc) is 2.91. The Balaban J connectivity index is 1.82. The molecule has 3 aromatic rings. The molecule has 0 spiro atoms. The van der Waals surface area contributed by atoms with Crippen molar-refractivity contribution < 1.29 is 9.53 Å². The molecule has 1 amide bonds. The molecule has 2 aromatic carbocycles. The topological polar surface area (TPSA) is 68.2 Å². The number of carbonyl (C=O) groups is 1. The SMILES string of the molecule is C=CCSc1nnc2c(n1)O[C@H](/C=C/c1ccccc1)N(C(C)=O)c1ccccc1-2. The van der Waals surface area contributed by atoms with Crippen molar-refractivity contribution in [3.63, 3.8) is 0 Å². The van der Waals surface area contributed by atoms with Crippen molar-refractivity contribution in [1.82, 2.24) is 15.2 Å². The summed E-state index contributed by atoms with van der Waals surface area (Å²) in [6.45, 7) is 5.24. The smallest absolute Gasteiger partial charge is 0.247 e. The van der Waals surface area contributed by atoms with E-state index in [1.54, 1.807) is 11.0 Å². The molecule has 1 aliphatic rings. The summed E-state index contributed by atoms with van der Waals surface area (Å²) in [5, 5.41) is 9.07. The fourth-order valence-electron chi connectivity index (χ4n) is 3.16. The second-order valence-electron chi connectivity index (χ2n) is 6.53. The summed E-state index contributed by atoms with van der Waals surface area (Å²) in [5.74, 6) is 0.858. The van der Waals surface area contributed by atoms with Gasteiger partial charge in [0.25, 0.3) is 0 Å². The van der Waals surface area contributed by atoms with E-state index >= 15 is 0 Å². The van der Waals surface area contributed by atoms with Crippen molar-refractivity contribution in [2.75, 3.05) is 10.7 Å². The first-order valence-electron chi connectivity index (χ1n) is 9.45. The molecule has 0 fully saturated rings. The molecule has 0 saturated heterocycles. The number of amides is 1. The van der Waals surface area contributed by atoms with E-state index in [9.17, 15) is 4.79 Å². The van der Waals surface area contributed by atoms with Gasteiger partial charge in [0.1, 0.15) is 0 Å². The molecule has 6 nitrogen and oxygen atoms in total. The molecule has 1 atom stereocenters. The lowest BCUT2D eigenvalue weighted by Gasteiger charge is -2.27. The number of aromatic nitrogens is 3. The molecule has 0 N–H and O–H groups in total. The van der Waals surface area contributed by atoms with Gasteiger partial charge in [0.15, 0.2) is 11.9 Å². The van der Waals surface area contributed by atoms with Crippen LogP contribution in [0.1, 0.15) is 12.5 Å². The van der Waals surface area contributed by atoms with Crippen LogP contribution in [0.25, 0.3) is 17.3 Å². The van der Waals surface area contributed by atoms with Crippen LogP contribution in [0.2, 0.25) is 0 Å². The first-order valence-corrected chi connectivity index (χ1v) is 10.4. The number of thioether (sulfide) groups is 1. The second-order valence-corrected chi connectivity index (χ2v) is 7.52. The first kappa shape index (κ1) is 19.8. The summed E-state index contributed by atoms with van der Waals surface area (Å²) in [4.78, 5) is 18.8. The van der Waals surface area contributed by atoms with Crippen molar-refractivity contribution in [2.24, 2.45) is 0 Å². The lowest BCUT2D eigenvalue weighted by Crippen LogP contribution is -2.41. The van der Waals surface area contributed by atoms with E-state index < -0.39 is 6.23 Å². The van der Waals surface area contributed by atoms with Crippen LogP contribution in [0, 0.1) is 0 Å². The van der Waals surface area contributed by atoms with Crippen LogP contribution in [0.4, 0.5) is 5.69 Å². The third kappa shape index (κ3) is 4.11. The van der Waals surface area contributed by atoms with E-state index in [2.05, 4.69) is 21.8 Å². The standard InChI is InChI=1S/C23H20N4O2S/c1-3-15-30-23-24-22-21(25-26-23)18-11-7-8-12-19(18)27(16(2)28)20(29-22)14-13-17-9-5-4-6-10-17/h3-14,20H,1,15H2,2H3/b14-13+/t20-/m1/s1. The fraction of sp³-hybridized carbons (Fsp3) is 0.130. The number of fused-ring (bicyclic) bond motifs is 3. The maximum absolute atomic E-state index is 12.6. The predicted molar refractivity (Wildman–Crippen MR) is 119 cm³/mol. The van der Waals surface area contributed by atoms with E-state index in [-0.39, 0.29) is 5.91 Å². The zero-order valence-electron chi connectivity index (χ0n) is 16.4. The molecule has 1 aliphatic heterocycles. The van der Waals surface area contributed by atoms with Gasteiger partial charge in [-0.3, -0.25) is 9.69 Å². The molecule has 2 heterocycles. The number of hydrogen-bond donors (Lipinski definition) is 0. The lowest BCUT2D eigenvalue weighted by molar-refractivity contribution is -0.117. The minimum absolute atomic E-state index is 0.146. The normalized spacial score (nSPS) is 15.1. The highest BCUT2D eigenvalue weighted by Crippen LogP contribution is 2.39. The molecule has 0 radical (unpaired) electrons. The van der Waals surface area contributed by atoms with E-state index in [0.717, 1.165) is 11.1 Å². The van der Waals surface area contributed by atoms with Crippen LogP contribution in [0.5, 0.6) is 5.88 Å². The highest BCUT2D eigenvalue weighted by atomic mass is 32.2. The average molecular weight is 417 g/mol. The Morgan fingerprint density at radius 2 is 1.93 bits per heavy atom. The van der Waals surface area contributed by atoms with Gasteiger partial charge in [-0.25, -0.2) is 0 Å². The minimum Gasteiger partial charge on any atom is -0.448 e. The summed E-state index contributed by atoms with van der Waals surface area (Å²) >= 11 is 1.42. The molecule has 4 rings (SSSR count). The molecular formula is C23H20N4O2S. The molecule has 0 aliphatic carbocycles. The summed E-state index contributed by atoms with van der Waals surface area (Å²) in [7, 11) is 0. The van der Waals surface area contributed by atoms with Gasteiger partial charge in [-0.1, -0.05) is 72.4 Å². The van der Waals surface area contributed by atoms with E-state index in [0.29, 0.717) is 28.2 Å². The van der Waals surface area contributed by atoms with Gasteiger partial charge in [0.05, 0.1) is 5.69 Å². The van der Waals surface area contributed by atoms with Crippen molar-refractivity contribution in [3.05, 3.63) is 78.9 Å². The number of benzene rings is 2. The number of carbonyl (C=O) groups excluding carboxylic acids is 1. The van der Waals surface area contributed by atoms with Gasteiger partial charge in [0.2, 0.25) is 16.9 Å². The number of nitrogens with zero attached hydrogens (tertiary/aromatic N) is 4. The zero-order chi connectivity index (χ0) is 20.9. The number of hydrogen-bond acceptors (Lipinski definition) is 6. The van der Waals surface area contributed by atoms with Crippen LogP contribution in [-0.2, 0) is 4.79 Å². The number of ether oxygens (including phenoxy) is 1. The lowest BCUT2D eigenvalue weighted by atomic mass is 10.1. The maximum Gasteiger partial charge on any atom is 0.247 e. The molecule has 1 aromatic heterocycles. The van der Waals surface area contributed by atoms with Gasteiger partial charge < -0.3 is 4.74 Å². The molecule has 30 heavy (non-hydrogen) atoms. The van der Waals surface area contributed by atoms with E-state index in [1.807, 2.05) is 66.7 Å². The Morgan fingerprint density at radius 1 is 1.17 bits per heavy atom. The van der Waals surface area contributed by atoms with Crippen molar-refractivity contribution in [2.45, 2.75) is 18.3 Å². The zero-order valence-corrected chi connectivity index (χ0v) is 17.2. The molecule has 0 unspecified atom stereocenters. The van der Waals surface area contributed by atoms with Gasteiger partial charge in [-0.15, -0.1) is 16.8 Å². The van der Waals surface area contributed by atoms with Crippen molar-refractivity contribution >= 4 is 29.4 Å². The summed E-state index contributed by atoms with van der Waals surface area (Å²) in [5.41, 5.74) is 2.97. The van der Waals surface area contributed by atoms with Crippen LogP contribution in [-0.4, -0.2) is 33.1 Å². The third-order valence-corrected chi connectivity index (χ3v) is 5.30. The highest BCUT2D eigenvalue weighted by molar-refractivity contribution is 7.99. The Morgan fingerprint density at radius 3 is 2.70 bits per heavy atom. The maximum atomic E-state index is 12.6. The monoisotopic (exact) mass is 416 g/mol. The molecule has 0 saturated carbocycles. The Hall–Kier alpha value is -3.45. The summed E-state index contributed by atoms with van der Waals surface area (Å²) < 4.78 is 6.22. The van der Waals surface area contributed by atoms with Gasteiger partial charge >= 0.3 is 0 Å². The predicted octanol–water partition coefficient (Wildman–Crippen LogP) is 4.60. The quantitative estimate of drug-likeness (QED) is 0.447. The summed E-state index contributed by atoms with van der Waals surface area (Å²) in [6.07, 6.45) is 4.87. The third-order valence-electron chi connectivity index (χ3n) is 4.46. The van der Waals surface area contributed by atoms with E-state index in [4.69, 9.17) is 4.74 Å².